The summed E-state index contributed by atoms with van der Waals surface area (Å²) in [6.07, 6.45) is 5.37. The fourth-order valence-electron chi connectivity index (χ4n) is 3.15. The molecular formula is C13H30NO3Si+. The Morgan fingerprint density at radius 2 is 1.44 bits per heavy atom. The Morgan fingerprint density at radius 3 is 1.89 bits per heavy atom. The lowest BCUT2D eigenvalue weighted by Crippen LogP contribution is -2.56. The topological polar surface area (TPSA) is 27.7 Å². The standard InChI is InChI=1S/C13H30NO3Si/c1-5-9-14(10-7-6-8-11-14)12-13-18(15-2,16-3)17-4/h5-13H2,1-4H3/q+1. The SMILES string of the molecule is CCC[N+]1(CC[Si](OC)(OC)OC)CCCCC1. The molecule has 0 saturated carbocycles. The van der Waals surface area contributed by atoms with Gasteiger partial charge in [0.05, 0.1) is 32.2 Å². The second-order valence-corrected chi connectivity index (χ2v) is 8.43. The number of hydrogen-bond donors (Lipinski definition) is 0. The van der Waals surface area contributed by atoms with Crippen LogP contribution < -0.4 is 0 Å². The van der Waals surface area contributed by atoms with Crippen molar-refractivity contribution in [2.75, 3.05) is 47.5 Å². The summed E-state index contributed by atoms with van der Waals surface area (Å²) in [5.74, 6) is 0. The van der Waals surface area contributed by atoms with Gasteiger partial charge in [-0.05, 0) is 25.7 Å². The smallest absolute Gasteiger partial charge is 0.377 e. The van der Waals surface area contributed by atoms with E-state index in [1.165, 1.54) is 49.8 Å². The third-order valence-corrected chi connectivity index (χ3v) is 6.99. The van der Waals surface area contributed by atoms with Crippen LogP contribution in [0.4, 0.5) is 0 Å². The molecule has 1 fully saturated rings. The van der Waals surface area contributed by atoms with Crippen molar-refractivity contribution < 1.29 is 17.8 Å². The predicted molar refractivity (Wildman–Crippen MR) is 75.5 cm³/mol. The number of quaternary nitrogens is 1. The van der Waals surface area contributed by atoms with E-state index >= 15 is 0 Å². The Labute approximate surface area is 113 Å². The normalized spacial score (nSPS) is 20.0. The van der Waals surface area contributed by atoms with Gasteiger partial charge < -0.3 is 17.8 Å². The van der Waals surface area contributed by atoms with Gasteiger partial charge >= 0.3 is 8.80 Å². The molecule has 0 bridgehead atoms. The second-order valence-electron chi connectivity index (χ2n) is 5.34. The van der Waals surface area contributed by atoms with Gasteiger partial charge in [0.2, 0.25) is 0 Å². The maximum absolute atomic E-state index is 5.53. The molecule has 0 aromatic heterocycles. The maximum atomic E-state index is 5.53. The number of piperidine rings is 1. The van der Waals surface area contributed by atoms with Gasteiger partial charge in [-0.3, -0.25) is 0 Å². The Kier molecular flexibility index (Phi) is 6.80. The third kappa shape index (κ3) is 4.03. The van der Waals surface area contributed by atoms with Crippen molar-refractivity contribution in [3.05, 3.63) is 0 Å². The van der Waals surface area contributed by atoms with Gasteiger partial charge in [-0.25, -0.2) is 0 Å². The summed E-state index contributed by atoms with van der Waals surface area (Å²) in [5, 5.41) is 0. The van der Waals surface area contributed by atoms with Gasteiger partial charge in [-0.1, -0.05) is 6.92 Å². The van der Waals surface area contributed by atoms with E-state index in [9.17, 15) is 0 Å². The molecule has 5 heteroatoms. The zero-order valence-corrected chi connectivity index (χ0v) is 13.5. The molecule has 0 atom stereocenters. The minimum Gasteiger partial charge on any atom is -0.377 e. The highest BCUT2D eigenvalue weighted by molar-refractivity contribution is 6.60. The van der Waals surface area contributed by atoms with Crippen LogP contribution in [0, 0.1) is 0 Å². The van der Waals surface area contributed by atoms with Gasteiger partial charge in [0.1, 0.15) is 0 Å². The van der Waals surface area contributed by atoms with Crippen LogP contribution in [-0.4, -0.2) is 60.8 Å². The molecule has 18 heavy (non-hydrogen) atoms. The van der Waals surface area contributed by atoms with Crippen molar-refractivity contribution in [3.63, 3.8) is 0 Å². The quantitative estimate of drug-likeness (QED) is 0.503. The van der Waals surface area contributed by atoms with Crippen molar-refractivity contribution in [3.8, 4) is 0 Å². The van der Waals surface area contributed by atoms with E-state index in [-0.39, 0.29) is 0 Å². The van der Waals surface area contributed by atoms with Crippen LogP contribution >= 0.6 is 0 Å². The average Bonchev–Trinajstić information content (AvgIpc) is 2.42. The van der Waals surface area contributed by atoms with E-state index in [0.29, 0.717) is 0 Å². The van der Waals surface area contributed by atoms with Crippen molar-refractivity contribution in [2.45, 2.75) is 38.7 Å². The summed E-state index contributed by atoms with van der Waals surface area (Å²) < 4.78 is 17.8. The first-order valence-corrected chi connectivity index (χ1v) is 9.09. The van der Waals surface area contributed by atoms with Gasteiger partial charge in [-0.15, -0.1) is 0 Å². The van der Waals surface area contributed by atoms with Crippen LogP contribution in [0.5, 0.6) is 0 Å². The molecule has 0 radical (unpaired) electrons. The van der Waals surface area contributed by atoms with Crippen LogP contribution in [-0.2, 0) is 13.3 Å². The predicted octanol–water partition coefficient (Wildman–Crippen LogP) is 2.28. The monoisotopic (exact) mass is 276 g/mol. The molecule has 1 heterocycles. The Balaban J connectivity index is 2.60. The van der Waals surface area contributed by atoms with E-state index in [4.69, 9.17) is 13.3 Å². The summed E-state index contributed by atoms with van der Waals surface area (Å²) in [6, 6.07) is 0.927. The molecule has 0 amide bonds. The fraction of sp³-hybridized carbons (Fsp3) is 1.00. The van der Waals surface area contributed by atoms with Crippen LogP contribution in [0.1, 0.15) is 32.6 Å². The highest BCUT2D eigenvalue weighted by Gasteiger charge is 2.42. The lowest BCUT2D eigenvalue weighted by Gasteiger charge is -2.42. The molecule has 1 aliphatic rings. The Bertz CT molecular complexity index is 215. The summed E-state index contributed by atoms with van der Waals surface area (Å²) in [6.45, 7) is 7.32. The molecule has 108 valence electrons. The lowest BCUT2D eigenvalue weighted by atomic mass is 10.1. The highest BCUT2D eigenvalue weighted by atomic mass is 28.4. The van der Waals surface area contributed by atoms with Crippen molar-refractivity contribution >= 4 is 8.80 Å². The maximum Gasteiger partial charge on any atom is 0.505 e. The molecule has 4 nitrogen and oxygen atoms in total. The zero-order chi connectivity index (χ0) is 13.5. The van der Waals surface area contributed by atoms with Crippen LogP contribution in [0.3, 0.4) is 0 Å². The summed E-state index contributed by atoms with van der Waals surface area (Å²) >= 11 is 0. The zero-order valence-electron chi connectivity index (χ0n) is 12.5. The Hall–Kier alpha value is 0.0569. The number of hydrogen-bond acceptors (Lipinski definition) is 3. The van der Waals surface area contributed by atoms with E-state index in [0.717, 1.165) is 12.6 Å². The molecule has 0 N–H and O–H groups in total. The van der Waals surface area contributed by atoms with Gasteiger partial charge in [0.15, 0.2) is 0 Å². The van der Waals surface area contributed by atoms with Crippen molar-refractivity contribution in [1.82, 2.24) is 0 Å². The summed E-state index contributed by atoms with van der Waals surface area (Å²) in [4.78, 5) is 0. The van der Waals surface area contributed by atoms with Crippen molar-refractivity contribution in [2.24, 2.45) is 0 Å². The minimum atomic E-state index is -2.39. The van der Waals surface area contributed by atoms with Gasteiger partial charge in [-0.2, -0.15) is 0 Å². The van der Waals surface area contributed by atoms with Gasteiger partial charge in [0.25, 0.3) is 0 Å². The lowest BCUT2D eigenvalue weighted by molar-refractivity contribution is -0.930. The van der Waals surface area contributed by atoms with E-state index < -0.39 is 8.80 Å². The van der Waals surface area contributed by atoms with Crippen molar-refractivity contribution in [1.29, 1.82) is 0 Å². The molecule has 0 unspecified atom stereocenters. The van der Waals surface area contributed by atoms with E-state index in [1.54, 1.807) is 21.3 Å². The molecule has 1 rings (SSSR count). The molecule has 0 aromatic rings. The molecule has 0 aliphatic carbocycles. The van der Waals surface area contributed by atoms with Crippen LogP contribution in [0.15, 0.2) is 0 Å². The van der Waals surface area contributed by atoms with E-state index in [1.807, 2.05) is 0 Å². The van der Waals surface area contributed by atoms with Gasteiger partial charge in [0, 0.05) is 21.3 Å². The average molecular weight is 276 g/mol. The van der Waals surface area contributed by atoms with E-state index in [2.05, 4.69) is 6.92 Å². The molecule has 0 aromatic carbocycles. The molecule has 1 saturated heterocycles. The minimum absolute atomic E-state index is 0.927. The number of likely N-dealkylation sites (tertiary alicyclic amines) is 1. The Morgan fingerprint density at radius 1 is 0.889 bits per heavy atom. The molecular weight excluding hydrogens is 246 g/mol. The fourth-order valence-corrected chi connectivity index (χ4v) is 5.01. The summed E-state index contributed by atoms with van der Waals surface area (Å²) in [7, 11) is 2.73. The second kappa shape index (κ2) is 7.60. The third-order valence-electron chi connectivity index (χ3n) is 4.29. The molecule has 1 aliphatic heterocycles. The first-order chi connectivity index (χ1) is 8.66. The number of nitrogens with zero attached hydrogens (tertiary/aromatic N) is 1. The largest absolute Gasteiger partial charge is 0.505 e. The molecule has 0 spiro atoms. The summed E-state index contributed by atoms with van der Waals surface area (Å²) in [5.41, 5.74) is 0. The first kappa shape index (κ1) is 16.1. The van der Waals surface area contributed by atoms with Crippen LogP contribution in [0.25, 0.3) is 0 Å². The number of rotatable bonds is 8. The van der Waals surface area contributed by atoms with Crippen LogP contribution in [0.2, 0.25) is 6.04 Å². The first-order valence-electron chi connectivity index (χ1n) is 7.16. The highest BCUT2D eigenvalue weighted by Crippen LogP contribution is 2.23.